The molecule has 9 nitrogen and oxygen atoms in total. The highest BCUT2D eigenvalue weighted by molar-refractivity contribution is 7.91. The van der Waals surface area contributed by atoms with Crippen LogP contribution in [0.15, 0.2) is 36.4 Å². The summed E-state index contributed by atoms with van der Waals surface area (Å²) in [7, 11) is -3.85. The van der Waals surface area contributed by atoms with E-state index in [-0.39, 0.29) is 17.2 Å². The first-order chi connectivity index (χ1) is 19.8. The maximum atomic E-state index is 14.0. The van der Waals surface area contributed by atoms with E-state index in [1.165, 1.54) is 5.56 Å². The smallest absolute Gasteiger partial charge is 0.259 e. The zero-order valence-electron chi connectivity index (χ0n) is 25.4. The summed E-state index contributed by atoms with van der Waals surface area (Å²) in [5, 5.41) is 6.41. The van der Waals surface area contributed by atoms with E-state index in [4.69, 9.17) is 0 Å². The molecule has 1 aromatic carbocycles. The van der Waals surface area contributed by atoms with Crippen molar-refractivity contribution in [1.82, 2.24) is 14.9 Å². The van der Waals surface area contributed by atoms with Crippen LogP contribution in [-0.2, 0) is 29.8 Å². The van der Waals surface area contributed by atoms with Crippen LogP contribution in [0.25, 0.3) is 0 Å². The standard InChI is InChI=1S/C32H46N4O5S/c1-30(2,3)22-13-10-14-24(20-22)33-25-15-9-7-5-6-8-12-23-21-32(23,29(39)35-42(40,41)31(4)17-18-31)34-27(37)26-16-11-19-36(26)28(25)38/h8,10,12-14,20,23,25-26,33H,5-7,9,11,15-19,21H2,1-4H3,(H,34,37)(H,35,39). The Bertz CT molecular complexity index is 1360. The minimum absolute atomic E-state index is 0.0340. The average molecular weight is 599 g/mol. The normalized spacial score (nSPS) is 29.8. The van der Waals surface area contributed by atoms with Gasteiger partial charge in [-0.1, -0.05) is 57.9 Å². The lowest BCUT2D eigenvalue weighted by Crippen LogP contribution is -2.58. The largest absolute Gasteiger partial charge is 0.374 e. The molecule has 3 amide bonds. The van der Waals surface area contributed by atoms with Crippen molar-refractivity contribution in [3.05, 3.63) is 42.0 Å². The number of anilines is 1. The van der Waals surface area contributed by atoms with Gasteiger partial charge in [0.05, 0.1) is 4.75 Å². The molecule has 4 unspecified atom stereocenters. The van der Waals surface area contributed by atoms with E-state index in [2.05, 4.69) is 48.3 Å². The highest BCUT2D eigenvalue weighted by atomic mass is 32.2. The highest BCUT2D eigenvalue weighted by Gasteiger charge is 2.62. The quantitative estimate of drug-likeness (QED) is 0.438. The fourth-order valence-corrected chi connectivity index (χ4v) is 7.46. The van der Waals surface area contributed by atoms with Gasteiger partial charge in [-0.15, -0.1) is 0 Å². The fourth-order valence-electron chi connectivity index (χ4n) is 6.15. The lowest BCUT2D eigenvalue weighted by atomic mass is 9.87. The number of hydrogen-bond acceptors (Lipinski definition) is 6. The zero-order valence-corrected chi connectivity index (χ0v) is 26.2. The van der Waals surface area contributed by atoms with Gasteiger partial charge in [-0.25, -0.2) is 8.42 Å². The van der Waals surface area contributed by atoms with Crippen molar-refractivity contribution in [3.63, 3.8) is 0 Å². The summed E-state index contributed by atoms with van der Waals surface area (Å²) in [6.45, 7) is 8.56. The summed E-state index contributed by atoms with van der Waals surface area (Å²) in [5.41, 5.74) is 0.689. The minimum Gasteiger partial charge on any atom is -0.374 e. The molecular formula is C32H46N4O5S. The van der Waals surface area contributed by atoms with E-state index in [9.17, 15) is 22.8 Å². The van der Waals surface area contributed by atoms with Gasteiger partial charge in [0.25, 0.3) is 5.91 Å². The summed E-state index contributed by atoms with van der Waals surface area (Å²) in [6, 6.07) is 6.96. The van der Waals surface area contributed by atoms with Gasteiger partial charge in [-0.05, 0) is 81.4 Å². The topological polar surface area (TPSA) is 125 Å². The molecule has 5 rings (SSSR count). The molecule has 2 heterocycles. The number of nitrogens with zero attached hydrogens (tertiary/aromatic N) is 1. The van der Waals surface area contributed by atoms with E-state index in [0.29, 0.717) is 45.1 Å². The second-order valence-electron chi connectivity index (χ2n) is 13.9. The number of fused-ring (bicyclic) bond motifs is 2. The Balaban J connectivity index is 1.38. The molecule has 42 heavy (non-hydrogen) atoms. The summed E-state index contributed by atoms with van der Waals surface area (Å²) < 4.78 is 27.1. The first kappa shape index (κ1) is 30.6. The second-order valence-corrected chi connectivity index (χ2v) is 16.1. The molecule has 230 valence electrons. The summed E-state index contributed by atoms with van der Waals surface area (Å²) in [4.78, 5) is 42.9. The third kappa shape index (κ3) is 6.24. The van der Waals surface area contributed by atoms with Gasteiger partial charge in [0.2, 0.25) is 21.8 Å². The highest BCUT2D eigenvalue weighted by Crippen LogP contribution is 2.47. The van der Waals surface area contributed by atoms with Crippen molar-refractivity contribution < 1.29 is 22.8 Å². The van der Waals surface area contributed by atoms with E-state index >= 15 is 0 Å². The lowest BCUT2D eigenvalue weighted by molar-refractivity contribution is -0.140. The number of benzene rings is 1. The Labute approximate surface area is 250 Å². The molecule has 10 heteroatoms. The number of hydrogen-bond donors (Lipinski definition) is 3. The van der Waals surface area contributed by atoms with Gasteiger partial charge in [-0.2, -0.15) is 0 Å². The van der Waals surface area contributed by atoms with Crippen LogP contribution in [0.2, 0.25) is 0 Å². The summed E-state index contributed by atoms with van der Waals surface area (Å²) >= 11 is 0. The molecule has 4 atom stereocenters. The van der Waals surface area contributed by atoms with Crippen LogP contribution >= 0.6 is 0 Å². The predicted octanol–water partition coefficient (Wildman–Crippen LogP) is 4.15. The second kappa shape index (κ2) is 11.3. The van der Waals surface area contributed by atoms with Gasteiger partial charge in [-0.3, -0.25) is 19.1 Å². The monoisotopic (exact) mass is 598 g/mol. The van der Waals surface area contributed by atoms with E-state index in [0.717, 1.165) is 31.4 Å². The van der Waals surface area contributed by atoms with Gasteiger partial charge < -0.3 is 15.5 Å². The predicted molar refractivity (Wildman–Crippen MR) is 163 cm³/mol. The van der Waals surface area contributed by atoms with Crippen LogP contribution in [0.5, 0.6) is 0 Å². The molecule has 1 aromatic rings. The van der Waals surface area contributed by atoms with Crippen molar-refractivity contribution in [1.29, 1.82) is 0 Å². The van der Waals surface area contributed by atoms with E-state index < -0.39 is 44.2 Å². The number of carbonyl (C=O) groups excluding carboxylic acids is 3. The van der Waals surface area contributed by atoms with Crippen molar-refractivity contribution >= 4 is 33.4 Å². The van der Waals surface area contributed by atoms with Crippen molar-refractivity contribution in [2.75, 3.05) is 11.9 Å². The maximum Gasteiger partial charge on any atom is 0.259 e. The minimum atomic E-state index is -3.85. The third-order valence-corrected chi connectivity index (χ3v) is 11.7. The number of nitrogens with one attached hydrogen (secondary N) is 3. The molecule has 1 saturated heterocycles. The lowest BCUT2D eigenvalue weighted by Gasteiger charge is -2.31. The van der Waals surface area contributed by atoms with Gasteiger partial charge in [0.1, 0.15) is 17.6 Å². The van der Waals surface area contributed by atoms with E-state index in [1.807, 2.05) is 24.3 Å². The molecular weight excluding hydrogens is 552 g/mol. The molecule has 0 bridgehead atoms. The Hall–Kier alpha value is -2.88. The number of allylic oxidation sites excluding steroid dienone is 1. The molecule has 0 aromatic heterocycles. The van der Waals surface area contributed by atoms with Crippen molar-refractivity contribution in [2.45, 2.75) is 120 Å². The summed E-state index contributed by atoms with van der Waals surface area (Å²) in [6.07, 6.45) is 10.7. The molecule has 2 saturated carbocycles. The molecule has 2 aliphatic heterocycles. The molecule has 3 fully saturated rings. The zero-order chi connectivity index (χ0) is 30.3. The van der Waals surface area contributed by atoms with Crippen LogP contribution in [0.1, 0.15) is 97.5 Å². The summed E-state index contributed by atoms with van der Waals surface area (Å²) in [5.74, 6) is -1.48. The first-order valence-corrected chi connectivity index (χ1v) is 17.0. The van der Waals surface area contributed by atoms with Gasteiger partial charge >= 0.3 is 0 Å². The van der Waals surface area contributed by atoms with Crippen LogP contribution < -0.4 is 15.4 Å². The van der Waals surface area contributed by atoms with Crippen LogP contribution in [-0.4, -0.2) is 60.0 Å². The van der Waals surface area contributed by atoms with Crippen LogP contribution in [0.3, 0.4) is 0 Å². The van der Waals surface area contributed by atoms with Crippen LogP contribution in [0, 0.1) is 5.92 Å². The van der Waals surface area contributed by atoms with Gasteiger partial charge in [0, 0.05) is 18.2 Å². The molecule has 0 spiro atoms. The Morgan fingerprint density at radius 3 is 2.55 bits per heavy atom. The maximum absolute atomic E-state index is 14.0. The van der Waals surface area contributed by atoms with Crippen molar-refractivity contribution in [2.24, 2.45) is 5.92 Å². The van der Waals surface area contributed by atoms with Crippen LogP contribution in [0.4, 0.5) is 5.69 Å². The number of rotatable bonds is 5. The van der Waals surface area contributed by atoms with Crippen molar-refractivity contribution in [3.8, 4) is 0 Å². The number of carbonyl (C=O) groups is 3. The average Bonchev–Trinajstić information content (AvgIpc) is 3.78. The molecule has 0 radical (unpaired) electrons. The SMILES string of the molecule is CC(C)(C)c1cccc(NC2CCCCCC=CC3CC3(C(=O)NS(=O)(=O)C3(C)CC3)NC(=O)C3CCCN3C2=O)c1. The van der Waals surface area contributed by atoms with Gasteiger partial charge in [0.15, 0.2) is 0 Å². The number of amides is 3. The first-order valence-electron chi connectivity index (χ1n) is 15.5. The Morgan fingerprint density at radius 1 is 1.07 bits per heavy atom. The molecule has 3 N–H and O–H groups in total. The third-order valence-electron chi connectivity index (χ3n) is 9.53. The fraction of sp³-hybridized carbons (Fsp3) is 0.656. The molecule has 4 aliphatic rings. The number of sulfonamides is 1. The van der Waals surface area contributed by atoms with E-state index in [1.54, 1.807) is 11.8 Å². The Kier molecular flexibility index (Phi) is 8.24. The molecule has 2 aliphatic carbocycles. The Morgan fingerprint density at radius 2 is 1.83 bits per heavy atom.